The van der Waals surface area contributed by atoms with Crippen molar-refractivity contribution in [3.05, 3.63) is 29.3 Å². The molecule has 59 heavy (non-hydrogen) atoms. The van der Waals surface area contributed by atoms with Crippen LogP contribution in [0.2, 0.25) is 36.3 Å². The van der Waals surface area contributed by atoms with Gasteiger partial charge in [0.1, 0.15) is 36.3 Å². The summed E-state index contributed by atoms with van der Waals surface area (Å²) in [6.45, 7) is 12.0. The summed E-state index contributed by atoms with van der Waals surface area (Å²) in [5.41, 5.74) is 12.5. The lowest BCUT2D eigenvalue weighted by Crippen LogP contribution is -2.53. The molecule has 3 saturated heterocycles. The van der Waals surface area contributed by atoms with Crippen molar-refractivity contribution in [3.8, 4) is 0 Å². The zero-order valence-electron chi connectivity index (χ0n) is 34.5. The molecule has 0 saturated carbocycles. The Balaban J connectivity index is 1.28. The van der Waals surface area contributed by atoms with Crippen LogP contribution in [-0.2, 0) is 36.5 Å². The number of nitrogens with zero attached hydrogens (tertiary/aromatic N) is 7. The normalized spacial score (nSPS) is 32.8. The van der Waals surface area contributed by atoms with Crippen LogP contribution in [0.4, 0.5) is 11.8 Å². The number of nitrogens with two attached hydrogens (primary N) is 2. The van der Waals surface area contributed by atoms with Gasteiger partial charge in [-0.3, -0.25) is 28.0 Å². The average molecular weight is 933 g/mol. The van der Waals surface area contributed by atoms with Gasteiger partial charge in [0.05, 0.1) is 38.0 Å². The van der Waals surface area contributed by atoms with Gasteiger partial charge in [-0.05, 0) is 36.3 Å². The average Bonchev–Trinajstić information content (AvgIpc) is 3.86. The van der Waals surface area contributed by atoms with Gasteiger partial charge in [-0.25, -0.2) is 30.1 Å². The number of hydrogen-bond donors (Lipinski definition) is 7. The van der Waals surface area contributed by atoms with E-state index in [1.54, 1.807) is 4.57 Å². The number of H-pyrrole nitrogens is 1. The van der Waals surface area contributed by atoms with Crippen molar-refractivity contribution >= 4 is 88.7 Å². The van der Waals surface area contributed by atoms with Crippen molar-refractivity contribution in [1.82, 2.24) is 49.2 Å². The summed E-state index contributed by atoms with van der Waals surface area (Å²) in [4.78, 5) is 36.9. The summed E-state index contributed by atoms with van der Waals surface area (Å²) in [7, 11) is -5.26. The predicted octanol–water partition coefficient (Wildman–Crippen LogP) is 4.74. The van der Waals surface area contributed by atoms with Crippen LogP contribution in [0.15, 0.2) is 23.8 Å². The molecule has 0 amide bonds. The van der Waals surface area contributed by atoms with Crippen LogP contribution in [0.1, 0.15) is 54.0 Å². The molecule has 7 rings (SSSR count). The summed E-state index contributed by atoms with van der Waals surface area (Å²) >= 11 is 9.14. The molecule has 0 aliphatic carbocycles. The number of rotatable bonds is 6. The highest BCUT2D eigenvalue weighted by Gasteiger charge is 2.56. The van der Waals surface area contributed by atoms with E-state index >= 15 is 0 Å². The van der Waals surface area contributed by atoms with Gasteiger partial charge in [-0.1, -0.05) is 66.0 Å². The zero-order chi connectivity index (χ0) is 43.2. The Labute approximate surface area is 353 Å². The first-order chi connectivity index (χ1) is 27.2. The van der Waals surface area contributed by atoms with E-state index in [4.69, 9.17) is 38.8 Å². The molecule has 21 nitrogen and oxygen atoms in total. The molecular formula is C32H54N12O9P2S2Si2. The zero-order valence-corrected chi connectivity index (χ0v) is 40.1. The van der Waals surface area contributed by atoms with E-state index in [-0.39, 0.29) is 46.2 Å². The van der Waals surface area contributed by atoms with Crippen LogP contribution in [0, 0.1) is 0 Å². The van der Waals surface area contributed by atoms with Gasteiger partial charge in [-0.2, -0.15) is 4.98 Å². The third-order valence-electron chi connectivity index (χ3n) is 12.0. The molecule has 7 N–H and O–H groups in total. The van der Waals surface area contributed by atoms with Crippen molar-refractivity contribution in [1.29, 1.82) is 0 Å². The molecule has 27 heteroatoms. The number of fused-ring (bicyclic) bond motifs is 4. The smallest absolute Gasteiger partial charge is 0.324 e. The van der Waals surface area contributed by atoms with Crippen molar-refractivity contribution in [2.45, 2.75) is 127 Å². The van der Waals surface area contributed by atoms with Gasteiger partial charge in [0.15, 0.2) is 51.7 Å². The highest BCUT2D eigenvalue weighted by Crippen LogP contribution is 2.56. The third kappa shape index (κ3) is 8.75. The highest BCUT2D eigenvalue weighted by molar-refractivity contribution is 8.45. The number of aromatic nitrogens is 8. The number of hydrogen-bond acceptors (Lipinski definition) is 16. The highest BCUT2D eigenvalue weighted by atomic mass is 32.7. The quantitative estimate of drug-likeness (QED) is 0.0782. The maximum absolute atomic E-state index is 14.6. The van der Waals surface area contributed by atoms with E-state index in [1.165, 1.54) is 23.5 Å². The molecule has 0 radical (unpaired) electrons. The summed E-state index contributed by atoms with van der Waals surface area (Å²) in [6.07, 6.45) is -1.40. The first kappa shape index (κ1) is 44.8. The predicted molar refractivity (Wildman–Crippen MR) is 233 cm³/mol. The maximum Gasteiger partial charge on any atom is 0.324 e. The Bertz CT molecular complexity index is 2390. The SMILES string of the molecule is CC(C)(C)[Si](C)(C)OC1[C@H](n2cnc3c(N)ncnc32)O[C@@H]2COP(=O)(S)N[C@H]3C(O[Si](C)(C)C(C)(C)C)[C@H](n4cnc5c(=O)[nH]c(N)nc54)O[C@@H]3COP(=O)(S)N[C@@H]12. The van der Waals surface area contributed by atoms with Gasteiger partial charge < -0.3 is 38.8 Å². The summed E-state index contributed by atoms with van der Waals surface area (Å²) in [5, 5.41) is 5.66. The van der Waals surface area contributed by atoms with Crippen LogP contribution < -0.4 is 27.2 Å². The van der Waals surface area contributed by atoms with E-state index in [1.807, 2.05) is 0 Å². The number of nitrogens with one attached hydrogen (secondary N) is 3. The number of imidazole rings is 2. The Hall–Kier alpha value is -2.23. The third-order valence-corrected chi connectivity index (χ3v) is 24.6. The minimum absolute atomic E-state index is 0.0233. The monoisotopic (exact) mass is 932 g/mol. The molecule has 326 valence electrons. The fourth-order valence-electron chi connectivity index (χ4n) is 6.79. The van der Waals surface area contributed by atoms with E-state index < -0.39 is 84.6 Å². The molecule has 3 aliphatic heterocycles. The van der Waals surface area contributed by atoms with E-state index in [2.05, 4.69) is 132 Å². The Kier molecular flexibility index (Phi) is 11.8. The number of ether oxygens (including phenoxy) is 2. The molecule has 0 spiro atoms. The molecule has 0 aromatic carbocycles. The van der Waals surface area contributed by atoms with Gasteiger partial charge in [0.25, 0.3) is 5.56 Å². The summed E-state index contributed by atoms with van der Waals surface area (Å²) < 4.78 is 72.1. The van der Waals surface area contributed by atoms with Gasteiger partial charge in [-0.15, -0.1) is 0 Å². The molecule has 10 atom stereocenters. The first-order valence-corrected chi connectivity index (χ1v) is 30.4. The number of aromatic amines is 1. The van der Waals surface area contributed by atoms with Crippen molar-refractivity contribution in [3.63, 3.8) is 0 Å². The lowest BCUT2D eigenvalue weighted by Gasteiger charge is -2.41. The molecule has 0 bridgehead atoms. The fraction of sp³-hybridized carbons (Fsp3) is 0.688. The molecule has 4 unspecified atom stereocenters. The second kappa shape index (κ2) is 15.5. The Morgan fingerprint density at radius 1 is 0.763 bits per heavy atom. The molecule has 3 aliphatic rings. The molecule has 3 fully saturated rings. The van der Waals surface area contributed by atoms with E-state index in [9.17, 15) is 13.9 Å². The van der Waals surface area contributed by atoms with Crippen LogP contribution in [-0.4, -0.2) is 105 Å². The summed E-state index contributed by atoms with van der Waals surface area (Å²) in [5.74, 6) is 0.0508. The van der Waals surface area contributed by atoms with Gasteiger partial charge in [0.2, 0.25) is 5.95 Å². The van der Waals surface area contributed by atoms with Gasteiger partial charge in [0, 0.05) is 0 Å². The molecule has 4 aromatic rings. The first-order valence-electron chi connectivity index (χ1n) is 19.0. The number of thiol groups is 2. The molecule has 7 heterocycles. The van der Waals surface area contributed by atoms with E-state index in [0.717, 1.165) is 0 Å². The second-order valence-corrected chi connectivity index (χ2v) is 33.9. The Morgan fingerprint density at radius 2 is 1.22 bits per heavy atom. The van der Waals surface area contributed by atoms with Crippen LogP contribution in [0.25, 0.3) is 22.3 Å². The second-order valence-electron chi connectivity index (χ2n) is 18.1. The number of nitrogen functional groups attached to an aromatic ring is 2. The topological polar surface area (TPSA) is 273 Å². The Morgan fingerprint density at radius 3 is 1.69 bits per heavy atom. The lowest BCUT2D eigenvalue weighted by atomic mass is 10.1. The standard InChI is InChI=1S/C32H54N12O9P2S2Si2/c1-31(2,3)58(7,8)52-22-18-16(50-28(22)43-14-37-20-24(33)35-13-36-25(20)43)11-48-55(47,57)42-19-17(12-49-54(46,56)41-18)51-29(23(19)53-59(9,10)32(4,5)6)44-15-38-21-26(44)39-30(34)40-27(21)45/h13-19,22-23,28-29H,11-12H2,1-10H3,(H2,33,35,36)(H2,41,46,56)(H2,42,47,57)(H3,34,39,40,45)/t16-,17-,18-,19-,22?,23?,28-,29-,54?,55?/m1/s1. The molecular weight excluding hydrogens is 879 g/mol. The minimum atomic E-state index is -4.07. The van der Waals surface area contributed by atoms with Gasteiger partial charge >= 0.3 is 13.4 Å². The van der Waals surface area contributed by atoms with Crippen LogP contribution >= 0.6 is 37.9 Å². The molecule has 4 aromatic heterocycles. The van der Waals surface area contributed by atoms with Crippen molar-refractivity contribution < 1.29 is 36.5 Å². The van der Waals surface area contributed by atoms with Crippen molar-refractivity contribution in [2.24, 2.45) is 0 Å². The lowest BCUT2D eigenvalue weighted by molar-refractivity contribution is -0.0439. The number of anilines is 2. The van der Waals surface area contributed by atoms with Crippen LogP contribution in [0.3, 0.4) is 0 Å². The minimum Gasteiger partial charge on any atom is -0.408 e. The maximum atomic E-state index is 14.6. The van der Waals surface area contributed by atoms with Crippen molar-refractivity contribution in [2.75, 3.05) is 24.7 Å². The summed E-state index contributed by atoms with van der Waals surface area (Å²) in [6, 6.07) is -1.86. The van der Waals surface area contributed by atoms with Crippen LogP contribution in [0.5, 0.6) is 0 Å². The fourth-order valence-corrected chi connectivity index (χ4v) is 12.8. The van der Waals surface area contributed by atoms with E-state index in [0.29, 0.717) is 11.2 Å². The largest absolute Gasteiger partial charge is 0.408 e.